The predicted octanol–water partition coefficient (Wildman–Crippen LogP) is 4.66. The lowest BCUT2D eigenvalue weighted by Crippen LogP contribution is -2.07. The molecule has 1 heterocycles. The Kier molecular flexibility index (Phi) is 4.62. The first-order chi connectivity index (χ1) is 9.94. The molecular formula is C14H13F3N2OS. The van der Waals surface area contributed by atoms with Gasteiger partial charge in [0.1, 0.15) is 11.6 Å². The maximum Gasteiger partial charge on any atom is 0.416 e. The summed E-state index contributed by atoms with van der Waals surface area (Å²) in [5.74, 6) is 0.469. The topological polar surface area (TPSA) is 34.1 Å². The Labute approximate surface area is 124 Å². The van der Waals surface area contributed by atoms with Gasteiger partial charge in [0.25, 0.3) is 0 Å². The average Bonchev–Trinajstić information content (AvgIpc) is 2.46. The van der Waals surface area contributed by atoms with E-state index in [0.717, 1.165) is 17.0 Å². The molecule has 21 heavy (non-hydrogen) atoms. The number of alkyl halides is 3. The van der Waals surface area contributed by atoms with Gasteiger partial charge in [-0.1, -0.05) is 12.1 Å². The highest BCUT2D eigenvalue weighted by Crippen LogP contribution is 2.35. The fourth-order valence-electron chi connectivity index (χ4n) is 1.67. The summed E-state index contributed by atoms with van der Waals surface area (Å²) in [5, 5.41) is 2.60. The van der Waals surface area contributed by atoms with Crippen LogP contribution in [0.15, 0.2) is 41.3 Å². The number of hydrogen-bond donors (Lipinski definition) is 1. The highest BCUT2D eigenvalue weighted by atomic mass is 32.2. The molecule has 0 spiro atoms. The smallest absolute Gasteiger partial charge is 0.416 e. The highest BCUT2D eigenvalue weighted by Gasteiger charge is 2.32. The minimum atomic E-state index is -4.45. The summed E-state index contributed by atoms with van der Waals surface area (Å²) in [4.78, 5) is 4.82. The molecule has 1 N–H and O–H groups in total. The molecular weight excluding hydrogens is 301 g/mol. The molecule has 2 aromatic rings. The molecule has 1 aromatic carbocycles. The standard InChI is InChI=1S/C14H13F3N2OS/c1-18-12-7-9(14(15,16)17)8-13(19-12)20-10-5-3-4-6-11(10)21-2/h3-8H,1-2H3,(H,18,19). The molecule has 2 rings (SSSR count). The summed E-state index contributed by atoms with van der Waals surface area (Å²) >= 11 is 1.44. The van der Waals surface area contributed by atoms with Gasteiger partial charge in [0, 0.05) is 18.0 Å². The third-order valence-corrected chi connectivity index (χ3v) is 3.45. The van der Waals surface area contributed by atoms with Crippen LogP contribution in [-0.2, 0) is 6.18 Å². The minimum absolute atomic E-state index is 0.0986. The van der Waals surface area contributed by atoms with E-state index in [1.54, 1.807) is 12.1 Å². The maximum atomic E-state index is 12.9. The van der Waals surface area contributed by atoms with Crippen LogP contribution < -0.4 is 10.1 Å². The molecule has 0 unspecified atom stereocenters. The van der Waals surface area contributed by atoms with Crippen LogP contribution in [0.5, 0.6) is 11.6 Å². The minimum Gasteiger partial charge on any atom is -0.438 e. The molecule has 0 aliphatic rings. The van der Waals surface area contributed by atoms with E-state index in [2.05, 4.69) is 10.3 Å². The Balaban J connectivity index is 2.39. The highest BCUT2D eigenvalue weighted by molar-refractivity contribution is 7.98. The summed E-state index contributed by atoms with van der Waals surface area (Å²) in [6, 6.07) is 8.92. The zero-order valence-electron chi connectivity index (χ0n) is 11.4. The number of nitrogens with zero attached hydrogens (tertiary/aromatic N) is 1. The lowest BCUT2D eigenvalue weighted by Gasteiger charge is -2.13. The number of para-hydroxylation sites is 1. The third-order valence-electron chi connectivity index (χ3n) is 2.67. The lowest BCUT2D eigenvalue weighted by atomic mass is 10.2. The molecule has 0 radical (unpaired) electrons. The number of aromatic nitrogens is 1. The van der Waals surface area contributed by atoms with Gasteiger partial charge in [0.2, 0.25) is 5.88 Å². The second-order valence-corrected chi connectivity index (χ2v) is 4.93. The quantitative estimate of drug-likeness (QED) is 0.833. The summed E-state index contributed by atoms with van der Waals surface area (Å²) in [6.45, 7) is 0. The van der Waals surface area contributed by atoms with Gasteiger partial charge in [-0.25, -0.2) is 0 Å². The average molecular weight is 314 g/mol. The van der Waals surface area contributed by atoms with Crippen molar-refractivity contribution in [2.45, 2.75) is 11.1 Å². The second kappa shape index (κ2) is 6.26. The van der Waals surface area contributed by atoms with Crippen molar-refractivity contribution in [2.75, 3.05) is 18.6 Å². The van der Waals surface area contributed by atoms with Gasteiger partial charge in [-0.15, -0.1) is 11.8 Å². The first kappa shape index (κ1) is 15.5. The number of benzene rings is 1. The Morgan fingerprint density at radius 3 is 2.52 bits per heavy atom. The van der Waals surface area contributed by atoms with Crippen molar-refractivity contribution in [3.05, 3.63) is 42.0 Å². The van der Waals surface area contributed by atoms with Gasteiger partial charge >= 0.3 is 6.18 Å². The fraction of sp³-hybridized carbons (Fsp3) is 0.214. The Morgan fingerprint density at radius 2 is 1.90 bits per heavy atom. The van der Waals surface area contributed by atoms with E-state index in [9.17, 15) is 13.2 Å². The molecule has 0 bridgehead atoms. The Hall–Kier alpha value is -1.89. The van der Waals surface area contributed by atoms with Crippen molar-refractivity contribution in [3.8, 4) is 11.6 Å². The summed E-state index contributed by atoms with van der Waals surface area (Å²) in [6.07, 6.45) is -2.59. The number of nitrogens with one attached hydrogen (secondary N) is 1. The molecule has 0 amide bonds. The van der Waals surface area contributed by atoms with E-state index in [1.807, 2.05) is 18.4 Å². The van der Waals surface area contributed by atoms with E-state index in [4.69, 9.17) is 4.74 Å². The maximum absolute atomic E-state index is 12.9. The number of anilines is 1. The molecule has 0 aliphatic carbocycles. The normalized spacial score (nSPS) is 11.3. The number of hydrogen-bond acceptors (Lipinski definition) is 4. The van der Waals surface area contributed by atoms with Crippen LogP contribution in [-0.4, -0.2) is 18.3 Å². The Bertz CT molecular complexity index is 632. The van der Waals surface area contributed by atoms with Crippen LogP contribution in [0, 0.1) is 0 Å². The van der Waals surface area contributed by atoms with Crippen molar-refractivity contribution in [1.29, 1.82) is 0 Å². The number of thioether (sulfide) groups is 1. The van der Waals surface area contributed by atoms with E-state index < -0.39 is 11.7 Å². The van der Waals surface area contributed by atoms with Crippen molar-refractivity contribution < 1.29 is 17.9 Å². The first-order valence-corrected chi connectivity index (χ1v) is 7.24. The van der Waals surface area contributed by atoms with Gasteiger partial charge in [-0.3, -0.25) is 0 Å². The first-order valence-electron chi connectivity index (χ1n) is 6.02. The number of halogens is 3. The summed E-state index contributed by atoms with van der Waals surface area (Å²) in [7, 11) is 1.50. The van der Waals surface area contributed by atoms with E-state index in [-0.39, 0.29) is 11.7 Å². The van der Waals surface area contributed by atoms with E-state index >= 15 is 0 Å². The molecule has 0 saturated heterocycles. The lowest BCUT2D eigenvalue weighted by molar-refractivity contribution is -0.137. The molecule has 0 saturated carbocycles. The molecule has 0 aliphatic heterocycles. The van der Waals surface area contributed by atoms with E-state index in [0.29, 0.717) is 5.75 Å². The van der Waals surface area contributed by atoms with Crippen molar-refractivity contribution in [1.82, 2.24) is 4.98 Å². The number of pyridine rings is 1. The van der Waals surface area contributed by atoms with Crippen LogP contribution in [0.2, 0.25) is 0 Å². The fourth-order valence-corrected chi connectivity index (χ4v) is 2.19. The molecule has 7 heteroatoms. The molecule has 112 valence electrons. The zero-order valence-corrected chi connectivity index (χ0v) is 12.2. The SMILES string of the molecule is CNc1cc(C(F)(F)F)cc(Oc2ccccc2SC)n1. The van der Waals surface area contributed by atoms with Crippen LogP contribution in [0.25, 0.3) is 0 Å². The molecule has 1 aromatic heterocycles. The molecule has 3 nitrogen and oxygen atoms in total. The van der Waals surface area contributed by atoms with Crippen LogP contribution in [0.1, 0.15) is 5.56 Å². The van der Waals surface area contributed by atoms with Crippen LogP contribution in [0.3, 0.4) is 0 Å². The molecule has 0 fully saturated rings. The van der Waals surface area contributed by atoms with Crippen LogP contribution in [0.4, 0.5) is 19.0 Å². The monoisotopic (exact) mass is 314 g/mol. The van der Waals surface area contributed by atoms with Crippen LogP contribution >= 0.6 is 11.8 Å². The van der Waals surface area contributed by atoms with Crippen molar-refractivity contribution >= 4 is 17.6 Å². The third kappa shape index (κ3) is 3.81. The second-order valence-electron chi connectivity index (χ2n) is 4.08. The zero-order chi connectivity index (χ0) is 15.5. The van der Waals surface area contributed by atoms with Crippen molar-refractivity contribution in [2.24, 2.45) is 0 Å². The number of ether oxygens (including phenoxy) is 1. The summed E-state index contributed by atoms with van der Waals surface area (Å²) in [5.41, 5.74) is -0.807. The predicted molar refractivity (Wildman–Crippen MR) is 77.1 cm³/mol. The van der Waals surface area contributed by atoms with Crippen molar-refractivity contribution in [3.63, 3.8) is 0 Å². The van der Waals surface area contributed by atoms with Gasteiger partial charge in [-0.2, -0.15) is 18.2 Å². The molecule has 0 atom stereocenters. The van der Waals surface area contributed by atoms with Gasteiger partial charge < -0.3 is 10.1 Å². The van der Waals surface area contributed by atoms with Gasteiger partial charge in [0.05, 0.1) is 5.56 Å². The Morgan fingerprint density at radius 1 is 1.19 bits per heavy atom. The van der Waals surface area contributed by atoms with Gasteiger partial charge in [-0.05, 0) is 24.5 Å². The number of rotatable bonds is 4. The van der Waals surface area contributed by atoms with Gasteiger partial charge in [0.15, 0.2) is 0 Å². The van der Waals surface area contributed by atoms with E-state index in [1.165, 1.54) is 18.8 Å². The summed E-state index contributed by atoms with van der Waals surface area (Å²) < 4.78 is 44.1. The largest absolute Gasteiger partial charge is 0.438 e.